The number of rotatable bonds is 4. The summed E-state index contributed by atoms with van der Waals surface area (Å²) in [7, 11) is -3.09. The monoisotopic (exact) mass is 274 g/mol. The van der Waals surface area contributed by atoms with E-state index >= 15 is 0 Å². The van der Waals surface area contributed by atoms with Crippen LogP contribution in [0.15, 0.2) is 0 Å². The lowest BCUT2D eigenvalue weighted by Crippen LogP contribution is -2.42. The highest BCUT2D eigenvalue weighted by Crippen LogP contribution is 2.24. The predicted octanol–water partition coefficient (Wildman–Crippen LogP) is 1.48. The van der Waals surface area contributed by atoms with Gasteiger partial charge in [0, 0.05) is 6.04 Å². The molecule has 0 amide bonds. The van der Waals surface area contributed by atoms with Crippen LogP contribution in [0.3, 0.4) is 0 Å². The summed E-state index contributed by atoms with van der Waals surface area (Å²) >= 11 is 0. The molecule has 0 radical (unpaired) electrons. The smallest absolute Gasteiger partial charge is 0.212 e. The molecule has 5 heteroatoms. The van der Waals surface area contributed by atoms with Gasteiger partial charge in [0.05, 0.1) is 5.75 Å². The van der Waals surface area contributed by atoms with Gasteiger partial charge in [0.25, 0.3) is 0 Å². The van der Waals surface area contributed by atoms with Crippen molar-refractivity contribution in [2.75, 3.05) is 18.8 Å². The molecule has 0 aromatic carbocycles. The van der Waals surface area contributed by atoms with E-state index in [1.54, 1.807) is 0 Å². The summed E-state index contributed by atoms with van der Waals surface area (Å²) in [6.07, 6.45) is 6.54. The molecule has 1 aliphatic carbocycles. The second-order valence-electron chi connectivity index (χ2n) is 6.08. The minimum absolute atomic E-state index is 0.176. The highest BCUT2D eigenvalue weighted by atomic mass is 32.2. The van der Waals surface area contributed by atoms with Crippen molar-refractivity contribution in [3.63, 3.8) is 0 Å². The highest BCUT2D eigenvalue weighted by molar-refractivity contribution is 7.89. The highest BCUT2D eigenvalue weighted by Gasteiger charge is 2.26. The lowest BCUT2D eigenvalue weighted by molar-refractivity contribution is 0.326. The summed E-state index contributed by atoms with van der Waals surface area (Å²) in [6, 6.07) is 0.176. The first-order valence-electron chi connectivity index (χ1n) is 7.26. The van der Waals surface area contributed by atoms with Gasteiger partial charge in [-0.05, 0) is 50.6 Å². The molecule has 1 heterocycles. The second kappa shape index (κ2) is 6.35. The Morgan fingerprint density at radius 2 is 2.06 bits per heavy atom. The Morgan fingerprint density at radius 3 is 2.72 bits per heavy atom. The Morgan fingerprint density at radius 1 is 1.22 bits per heavy atom. The van der Waals surface area contributed by atoms with Gasteiger partial charge in [-0.15, -0.1) is 0 Å². The van der Waals surface area contributed by atoms with Crippen LogP contribution in [0, 0.1) is 11.8 Å². The molecule has 2 fully saturated rings. The largest absolute Gasteiger partial charge is 0.316 e. The molecular weight excluding hydrogens is 248 g/mol. The van der Waals surface area contributed by atoms with Gasteiger partial charge in [-0.1, -0.05) is 19.8 Å². The van der Waals surface area contributed by atoms with E-state index in [1.807, 2.05) is 0 Å². The number of nitrogens with one attached hydrogen (secondary N) is 2. The van der Waals surface area contributed by atoms with E-state index in [1.165, 1.54) is 6.42 Å². The molecule has 2 N–H and O–H groups in total. The lowest BCUT2D eigenvalue weighted by atomic mass is 9.88. The van der Waals surface area contributed by atoms with Crippen LogP contribution >= 0.6 is 0 Å². The molecule has 3 unspecified atom stereocenters. The van der Waals surface area contributed by atoms with Crippen LogP contribution in [0.5, 0.6) is 0 Å². The minimum atomic E-state index is -3.09. The van der Waals surface area contributed by atoms with Crippen molar-refractivity contribution in [1.82, 2.24) is 10.0 Å². The van der Waals surface area contributed by atoms with Gasteiger partial charge in [0.2, 0.25) is 10.0 Å². The summed E-state index contributed by atoms with van der Waals surface area (Å²) in [4.78, 5) is 0. The summed E-state index contributed by atoms with van der Waals surface area (Å²) in [5.74, 6) is 1.24. The summed E-state index contributed by atoms with van der Waals surface area (Å²) in [5.41, 5.74) is 0. The molecule has 2 aliphatic rings. The average molecular weight is 274 g/mol. The van der Waals surface area contributed by atoms with Gasteiger partial charge >= 0.3 is 0 Å². The topological polar surface area (TPSA) is 58.2 Å². The molecule has 106 valence electrons. The number of sulfonamides is 1. The maximum atomic E-state index is 12.1. The van der Waals surface area contributed by atoms with Gasteiger partial charge in [-0.2, -0.15) is 0 Å². The molecule has 1 aliphatic heterocycles. The van der Waals surface area contributed by atoms with Crippen LogP contribution in [0.2, 0.25) is 0 Å². The zero-order valence-corrected chi connectivity index (χ0v) is 12.1. The summed E-state index contributed by atoms with van der Waals surface area (Å²) in [6.45, 7) is 4.09. The van der Waals surface area contributed by atoms with E-state index in [-0.39, 0.29) is 12.0 Å². The normalized spacial score (nSPS) is 34.4. The molecule has 4 nitrogen and oxygen atoms in total. The molecule has 0 aromatic heterocycles. The molecule has 3 atom stereocenters. The third kappa shape index (κ3) is 4.52. The molecule has 0 spiro atoms. The van der Waals surface area contributed by atoms with E-state index in [4.69, 9.17) is 0 Å². The minimum Gasteiger partial charge on any atom is -0.316 e. The van der Waals surface area contributed by atoms with Crippen LogP contribution in [-0.4, -0.2) is 33.3 Å². The van der Waals surface area contributed by atoms with Crippen molar-refractivity contribution in [2.45, 2.75) is 51.5 Å². The molecular formula is C13H26N2O2S. The van der Waals surface area contributed by atoms with Crippen LogP contribution in [-0.2, 0) is 10.0 Å². The fraction of sp³-hybridized carbons (Fsp3) is 1.00. The van der Waals surface area contributed by atoms with Crippen molar-refractivity contribution in [3.8, 4) is 0 Å². The van der Waals surface area contributed by atoms with Crippen LogP contribution in [0.1, 0.15) is 45.4 Å². The van der Waals surface area contributed by atoms with Gasteiger partial charge in [-0.3, -0.25) is 0 Å². The molecule has 1 saturated heterocycles. The molecule has 2 rings (SSSR count). The summed E-state index contributed by atoms with van der Waals surface area (Å²) < 4.78 is 27.2. The van der Waals surface area contributed by atoms with Gasteiger partial charge in [-0.25, -0.2) is 13.1 Å². The van der Waals surface area contributed by atoms with Crippen molar-refractivity contribution in [3.05, 3.63) is 0 Å². The molecule has 1 saturated carbocycles. The van der Waals surface area contributed by atoms with Crippen molar-refractivity contribution >= 4 is 10.0 Å². The second-order valence-corrected chi connectivity index (χ2v) is 7.88. The van der Waals surface area contributed by atoms with Gasteiger partial charge in [0.15, 0.2) is 0 Å². The zero-order valence-electron chi connectivity index (χ0n) is 11.3. The van der Waals surface area contributed by atoms with E-state index < -0.39 is 10.0 Å². The van der Waals surface area contributed by atoms with E-state index in [0.717, 1.165) is 45.2 Å². The van der Waals surface area contributed by atoms with Crippen LogP contribution in [0.25, 0.3) is 0 Å². The average Bonchev–Trinajstić information content (AvgIpc) is 2.28. The first-order valence-corrected chi connectivity index (χ1v) is 8.91. The third-order valence-electron chi connectivity index (χ3n) is 4.14. The Labute approximate surface area is 111 Å². The predicted molar refractivity (Wildman–Crippen MR) is 73.9 cm³/mol. The SMILES string of the molecule is CC1CCCC(NS(=O)(=O)CC2CCCNC2)C1. The maximum absolute atomic E-state index is 12.1. The number of hydrogen-bond acceptors (Lipinski definition) is 3. The fourth-order valence-corrected chi connectivity index (χ4v) is 4.94. The van der Waals surface area contributed by atoms with Crippen molar-refractivity contribution < 1.29 is 8.42 Å². The van der Waals surface area contributed by atoms with Gasteiger partial charge < -0.3 is 5.32 Å². The fourth-order valence-electron chi connectivity index (χ4n) is 3.22. The van der Waals surface area contributed by atoms with Crippen LogP contribution < -0.4 is 10.0 Å². The van der Waals surface area contributed by atoms with E-state index in [2.05, 4.69) is 17.0 Å². The Hall–Kier alpha value is -0.130. The first-order chi connectivity index (χ1) is 8.55. The maximum Gasteiger partial charge on any atom is 0.212 e. The molecule has 0 bridgehead atoms. The van der Waals surface area contributed by atoms with Crippen LogP contribution in [0.4, 0.5) is 0 Å². The lowest BCUT2D eigenvalue weighted by Gasteiger charge is -2.28. The third-order valence-corrected chi connectivity index (χ3v) is 5.74. The quantitative estimate of drug-likeness (QED) is 0.816. The van der Waals surface area contributed by atoms with Crippen molar-refractivity contribution in [2.24, 2.45) is 11.8 Å². The first kappa shape index (κ1) is 14.3. The Kier molecular flexibility index (Phi) is 5.04. The molecule has 18 heavy (non-hydrogen) atoms. The van der Waals surface area contributed by atoms with E-state index in [0.29, 0.717) is 11.7 Å². The van der Waals surface area contributed by atoms with Crippen molar-refractivity contribution in [1.29, 1.82) is 0 Å². The van der Waals surface area contributed by atoms with Gasteiger partial charge in [0.1, 0.15) is 0 Å². The van der Waals surface area contributed by atoms with E-state index in [9.17, 15) is 8.42 Å². The number of piperidine rings is 1. The Balaban J connectivity index is 1.82. The standard InChI is InChI=1S/C13H26N2O2S/c1-11-4-2-6-13(8-11)15-18(16,17)10-12-5-3-7-14-9-12/h11-15H,2-10H2,1H3. The Bertz CT molecular complexity index is 350. The zero-order chi connectivity index (χ0) is 13.0. The molecule has 0 aromatic rings. The summed E-state index contributed by atoms with van der Waals surface area (Å²) in [5, 5.41) is 3.28. The number of hydrogen-bond donors (Lipinski definition) is 2.